The van der Waals surface area contributed by atoms with E-state index in [9.17, 15) is 0 Å². The van der Waals surface area contributed by atoms with Crippen LogP contribution in [0.15, 0.2) is 54.6 Å². The van der Waals surface area contributed by atoms with E-state index in [1.54, 1.807) is 8.45 Å². The number of aromatic amines is 1. The molecule has 2 aromatic carbocycles. The van der Waals surface area contributed by atoms with Gasteiger partial charge in [0, 0.05) is 0 Å². The number of H-pyrrole nitrogens is 1. The van der Waals surface area contributed by atoms with Crippen molar-refractivity contribution in [3.8, 4) is 0 Å². The molecule has 0 unspecified atom stereocenters. The van der Waals surface area contributed by atoms with E-state index < -0.39 is 31.6 Å². The molecule has 24 heavy (non-hydrogen) atoms. The molecular formula is C19H17Cl2NSiZr. The summed E-state index contributed by atoms with van der Waals surface area (Å²) in [4.78, 5) is 3.65. The summed E-state index contributed by atoms with van der Waals surface area (Å²) in [5, 5.41) is 5.91. The van der Waals surface area contributed by atoms with Crippen LogP contribution in [-0.2, 0) is 23.2 Å². The summed E-state index contributed by atoms with van der Waals surface area (Å²) in [7, 11) is -0.423. The molecule has 1 heterocycles. The van der Waals surface area contributed by atoms with Crippen LogP contribution in [-0.4, -0.2) is 18.6 Å². The Balaban J connectivity index is 0.00000104. The van der Waals surface area contributed by atoms with E-state index in [0.717, 1.165) is 0 Å². The second-order valence-corrected chi connectivity index (χ2v) is 11.6. The van der Waals surface area contributed by atoms with Crippen LogP contribution < -0.4 is 38.7 Å². The van der Waals surface area contributed by atoms with E-state index in [-0.39, 0.29) is 24.8 Å². The van der Waals surface area contributed by atoms with Gasteiger partial charge in [0.25, 0.3) is 0 Å². The van der Waals surface area contributed by atoms with Crippen LogP contribution in [0.1, 0.15) is 0 Å². The molecular weight excluding hydrogens is 432 g/mol. The first-order chi connectivity index (χ1) is 10.7. The van der Waals surface area contributed by atoms with Crippen LogP contribution in [0.2, 0.25) is 13.1 Å². The van der Waals surface area contributed by atoms with Crippen molar-refractivity contribution in [2.45, 2.75) is 13.1 Å². The molecule has 0 saturated carbocycles. The molecule has 0 atom stereocenters. The molecule has 0 aliphatic heterocycles. The Morgan fingerprint density at radius 2 is 1.62 bits per heavy atom. The standard InChI is InChI=1S/C11H11Si.C8H6N.2ClH.Zr/c1-12(2)11-7-9-5-3-4-6-10(9)8-11;1-2-4-8-7(3-1)5-6-9-8;;;/h3-7H,1-2H3;1-5,9H;2*1H;/q;;;;+2/p-2. The van der Waals surface area contributed by atoms with Gasteiger partial charge in [-0.2, -0.15) is 0 Å². The van der Waals surface area contributed by atoms with Crippen molar-refractivity contribution >= 4 is 37.2 Å². The first-order valence-electron chi connectivity index (χ1n) is 7.56. The average molecular weight is 450 g/mol. The molecule has 0 saturated heterocycles. The Hall–Kier alpha value is -0.730. The molecule has 0 spiro atoms. The summed E-state index contributed by atoms with van der Waals surface area (Å²) in [5.41, 5.74) is 1.27. The fourth-order valence-electron chi connectivity index (χ4n) is 3.03. The Labute approximate surface area is 167 Å². The maximum Gasteiger partial charge on any atom is -1.00 e. The Bertz CT molecular complexity index is 1000. The molecule has 120 valence electrons. The summed E-state index contributed by atoms with van der Waals surface area (Å²) >= 11 is -0.804. The largest absolute Gasteiger partial charge is 1.00 e. The number of nitrogens with one attached hydrogen (secondary N) is 1. The van der Waals surface area contributed by atoms with Crippen LogP contribution in [0.25, 0.3) is 20.3 Å². The minimum absolute atomic E-state index is 0. The van der Waals surface area contributed by atoms with Crippen LogP contribution in [0, 0.1) is 0 Å². The number of fused-ring (bicyclic) bond motifs is 2. The fourth-order valence-corrected chi connectivity index (χ4v) is 9.43. The molecule has 1 nitrogen and oxygen atoms in total. The van der Waals surface area contributed by atoms with Crippen molar-refractivity contribution < 1.29 is 48.0 Å². The maximum absolute atomic E-state index is 3.65. The zero-order valence-electron chi connectivity index (χ0n) is 13.5. The van der Waals surface area contributed by atoms with E-state index in [1.807, 2.05) is 0 Å². The number of hydrogen-bond acceptors (Lipinski definition) is 0. The summed E-state index contributed by atoms with van der Waals surface area (Å²) in [6.45, 7) is 4.82. The van der Waals surface area contributed by atoms with E-state index in [4.69, 9.17) is 0 Å². The number of hydrogen-bond donors (Lipinski definition) is 1. The number of halogens is 2. The Kier molecular flexibility index (Phi) is 6.61. The summed E-state index contributed by atoms with van der Waals surface area (Å²) in [5.74, 6) is 0. The fraction of sp³-hybridized carbons (Fsp3) is 0.105. The topological polar surface area (TPSA) is 15.8 Å². The molecule has 0 radical (unpaired) electrons. The summed E-state index contributed by atoms with van der Waals surface area (Å²) in [6.07, 6.45) is 2.45. The zero-order chi connectivity index (χ0) is 15.1. The first-order valence-corrected chi connectivity index (χ1v) is 12.5. The molecule has 1 aliphatic carbocycles. The smallest absolute Gasteiger partial charge is 1.00 e. The van der Waals surface area contributed by atoms with Crippen molar-refractivity contribution in [1.82, 2.24) is 4.98 Å². The second-order valence-electron chi connectivity index (χ2n) is 5.92. The second kappa shape index (κ2) is 8.10. The van der Waals surface area contributed by atoms with Crippen LogP contribution >= 0.6 is 0 Å². The van der Waals surface area contributed by atoms with Crippen molar-refractivity contribution in [2.24, 2.45) is 0 Å². The number of benzene rings is 2. The third kappa shape index (κ3) is 3.60. The average Bonchev–Trinajstić information content (AvgIpc) is 3.09. The monoisotopic (exact) mass is 447 g/mol. The van der Waals surface area contributed by atoms with Gasteiger partial charge in [-0.15, -0.1) is 0 Å². The van der Waals surface area contributed by atoms with Gasteiger partial charge in [0.2, 0.25) is 0 Å². The van der Waals surface area contributed by atoms with Crippen molar-refractivity contribution in [3.63, 3.8) is 0 Å². The quantitative estimate of drug-likeness (QED) is 0.384. The van der Waals surface area contributed by atoms with Gasteiger partial charge in [-0.05, 0) is 0 Å². The molecule has 0 bridgehead atoms. The predicted octanol–water partition coefficient (Wildman–Crippen LogP) is -4.01. The normalized spacial score (nSPS) is 11.9. The molecule has 5 heteroatoms. The van der Waals surface area contributed by atoms with Gasteiger partial charge in [-0.3, -0.25) is 0 Å². The van der Waals surface area contributed by atoms with Gasteiger partial charge in [-0.1, -0.05) is 0 Å². The van der Waals surface area contributed by atoms with Gasteiger partial charge in [-0.25, -0.2) is 0 Å². The Morgan fingerprint density at radius 3 is 2.38 bits per heavy atom. The van der Waals surface area contributed by atoms with Crippen molar-refractivity contribution in [1.29, 1.82) is 0 Å². The predicted molar refractivity (Wildman–Crippen MR) is 94.0 cm³/mol. The van der Waals surface area contributed by atoms with E-state index in [1.165, 1.54) is 24.7 Å². The zero-order valence-corrected chi connectivity index (χ0v) is 18.5. The van der Waals surface area contributed by atoms with Gasteiger partial charge >= 0.3 is 144 Å². The Morgan fingerprint density at radius 1 is 0.917 bits per heavy atom. The minimum atomic E-state index is -0.804. The van der Waals surface area contributed by atoms with Gasteiger partial charge in [0.15, 0.2) is 0 Å². The third-order valence-corrected chi connectivity index (χ3v) is 9.48. The third-order valence-electron chi connectivity index (χ3n) is 4.13. The van der Waals surface area contributed by atoms with Gasteiger partial charge < -0.3 is 24.8 Å². The molecule has 1 N–H and O–H groups in total. The van der Waals surface area contributed by atoms with Crippen molar-refractivity contribution in [3.05, 3.63) is 65.0 Å². The molecule has 1 aromatic heterocycles. The molecule has 1 aliphatic rings. The van der Waals surface area contributed by atoms with Crippen LogP contribution in [0.3, 0.4) is 0 Å². The van der Waals surface area contributed by atoms with Gasteiger partial charge in [0.1, 0.15) is 0 Å². The number of para-hydroxylation sites is 1. The van der Waals surface area contributed by atoms with E-state index in [2.05, 4.69) is 78.8 Å². The van der Waals surface area contributed by atoms with Crippen molar-refractivity contribution in [2.75, 3.05) is 0 Å². The number of aromatic nitrogens is 1. The SMILES string of the molecule is C[Si](C)=C1C=c2ccccc2=[C]1[Zr+2][c]1cc2ccccc2[nH]1.[Cl-].[Cl-]. The summed E-state index contributed by atoms with van der Waals surface area (Å²) in [6, 6.07) is 19.9. The molecule has 0 fully saturated rings. The molecule has 0 amide bonds. The minimum Gasteiger partial charge on any atom is -1.00 e. The summed E-state index contributed by atoms with van der Waals surface area (Å²) < 4.78 is 3.16. The first kappa shape index (κ1) is 19.6. The van der Waals surface area contributed by atoms with Crippen LogP contribution in [0.4, 0.5) is 0 Å². The molecule has 4 rings (SSSR count). The van der Waals surface area contributed by atoms with Crippen LogP contribution in [0.5, 0.6) is 0 Å². The van der Waals surface area contributed by atoms with E-state index in [0.29, 0.717) is 0 Å². The van der Waals surface area contributed by atoms with E-state index >= 15 is 0 Å². The molecule has 3 aromatic rings. The maximum atomic E-state index is 3.65. The number of rotatable bonds is 2. The van der Waals surface area contributed by atoms with Gasteiger partial charge in [0.05, 0.1) is 0 Å².